The molecule has 1 N–H and O–H groups in total. The lowest BCUT2D eigenvalue weighted by Gasteiger charge is -2.09. The Bertz CT molecular complexity index is 253. The highest BCUT2D eigenvalue weighted by atomic mass is 35.5. The molecule has 1 atom stereocenters. The van der Waals surface area contributed by atoms with Crippen LogP contribution in [0.2, 0.25) is 5.02 Å². The van der Waals surface area contributed by atoms with E-state index in [0.29, 0.717) is 0 Å². The quantitative estimate of drug-likeness (QED) is 0.706. The van der Waals surface area contributed by atoms with E-state index in [0.717, 1.165) is 10.7 Å². The van der Waals surface area contributed by atoms with E-state index in [4.69, 9.17) is 11.6 Å². The van der Waals surface area contributed by atoms with Crippen LogP contribution in [0.25, 0.3) is 0 Å². The molecular weight excluding hydrogens is 170 g/mol. The predicted molar refractivity (Wildman–Crippen MR) is 54.7 cm³/mol. The van der Waals surface area contributed by atoms with Gasteiger partial charge in [-0.3, -0.25) is 0 Å². The first kappa shape index (κ1) is 9.14. The maximum absolute atomic E-state index is 5.73. The SMILES string of the molecule is C=CC(C)Nc1ccc(Cl)cc1. The third kappa shape index (κ3) is 2.59. The maximum Gasteiger partial charge on any atom is 0.0413 e. The fraction of sp³-hybridized carbons (Fsp3) is 0.200. The van der Waals surface area contributed by atoms with Crippen LogP contribution in [0.4, 0.5) is 5.69 Å². The smallest absolute Gasteiger partial charge is 0.0413 e. The number of nitrogens with one attached hydrogen (secondary N) is 1. The van der Waals surface area contributed by atoms with Crippen molar-refractivity contribution in [3.05, 3.63) is 41.9 Å². The first-order valence-corrected chi connectivity index (χ1v) is 4.25. The van der Waals surface area contributed by atoms with Gasteiger partial charge >= 0.3 is 0 Å². The molecule has 0 aromatic heterocycles. The highest BCUT2D eigenvalue weighted by molar-refractivity contribution is 6.30. The van der Waals surface area contributed by atoms with Crippen LogP contribution in [0.3, 0.4) is 0 Å². The molecule has 1 unspecified atom stereocenters. The number of hydrogen-bond donors (Lipinski definition) is 1. The van der Waals surface area contributed by atoms with Crippen molar-refractivity contribution in [2.24, 2.45) is 0 Å². The fourth-order valence-corrected chi connectivity index (χ4v) is 0.994. The van der Waals surface area contributed by atoms with Gasteiger partial charge in [0.25, 0.3) is 0 Å². The average Bonchev–Trinajstić information content (AvgIpc) is 2.09. The molecule has 2 heteroatoms. The van der Waals surface area contributed by atoms with E-state index in [1.807, 2.05) is 37.3 Å². The lowest BCUT2D eigenvalue weighted by atomic mass is 10.2. The van der Waals surface area contributed by atoms with Crippen molar-refractivity contribution in [2.45, 2.75) is 13.0 Å². The summed E-state index contributed by atoms with van der Waals surface area (Å²) >= 11 is 5.73. The summed E-state index contributed by atoms with van der Waals surface area (Å²) in [7, 11) is 0. The summed E-state index contributed by atoms with van der Waals surface area (Å²) in [6.45, 7) is 5.73. The number of benzene rings is 1. The summed E-state index contributed by atoms with van der Waals surface area (Å²) in [6.07, 6.45) is 1.86. The molecule has 0 fully saturated rings. The van der Waals surface area contributed by atoms with E-state index in [-0.39, 0.29) is 6.04 Å². The van der Waals surface area contributed by atoms with Crippen LogP contribution >= 0.6 is 11.6 Å². The van der Waals surface area contributed by atoms with Crippen LogP contribution in [0.1, 0.15) is 6.92 Å². The van der Waals surface area contributed by atoms with Gasteiger partial charge in [-0.15, -0.1) is 6.58 Å². The Morgan fingerprint density at radius 1 is 1.42 bits per heavy atom. The zero-order valence-corrected chi connectivity index (χ0v) is 7.81. The van der Waals surface area contributed by atoms with Gasteiger partial charge in [0.1, 0.15) is 0 Å². The van der Waals surface area contributed by atoms with Gasteiger partial charge in [0.2, 0.25) is 0 Å². The molecule has 12 heavy (non-hydrogen) atoms. The highest BCUT2D eigenvalue weighted by Gasteiger charge is 1.95. The molecule has 0 saturated heterocycles. The van der Waals surface area contributed by atoms with Gasteiger partial charge in [0, 0.05) is 16.8 Å². The third-order valence-corrected chi connectivity index (χ3v) is 1.84. The largest absolute Gasteiger partial charge is 0.379 e. The van der Waals surface area contributed by atoms with E-state index in [1.54, 1.807) is 0 Å². The standard InChI is InChI=1S/C10H12ClN/c1-3-8(2)12-10-6-4-9(11)5-7-10/h3-8,12H,1H2,2H3. The average molecular weight is 182 g/mol. The second-order valence-electron chi connectivity index (χ2n) is 2.68. The van der Waals surface area contributed by atoms with Crippen LogP contribution in [-0.4, -0.2) is 6.04 Å². The van der Waals surface area contributed by atoms with Crippen molar-refractivity contribution in [1.82, 2.24) is 0 Å². The highest BCUT2D eigenvalue weighted by Crippen LogP contribution is 2.14. The van der Waals surface area contributed by atoms with E-state index in [1.165, 1.54) is 0 Å². The first-order chi connectivity index (χ1) is 5.72. The molecular formula is C10H12ClN. The normalized spacial score (nSPS) is 12.2. The number of halogens is 1. The summed E-state index contributed by atoms with van der Waals surface area (Å²) in [4.78, 5) is 0. The van der Waals surface area contributed by atoms with Crippen molar-refractivity contribution in [1.29, 1.82) is 0 Å². The van der Waals surface area contributed by atoms with Gasteiger partial charge in [-0.1, -0.05) is 17.7 Å². The lowest BCUT2D eigenvalue weighted by molar-refractivity contribution is 1.00. The summed E-state index contributed by atoms with van der Waals surface area (Å²) in [5.74, 6) is 0. The Kier molecular flexibility index (Phi) is 3.18. The monoisotopic (exact) mass is 181 g/mol. The van der Waals surface area contributed by atoms with Crippen LogP contribution in [0.15, 0.2) is 36.9 Å². The molecule has 0 aliphatic rings. The zero-order chi connectivity index (χ0) is 8.97. The van der Waals surface area contributed by atoms with Crippen molar-refractivity contribution >= 4 is 17.3 Å². The molecule has 1 aromatic carbocycles. The minimum absolute atomic E-state index is 0.283. The molecule has 0 radical (unpaired) electrons. The molecule has 0 bridgehead atoms. The van der Waals surface area contributed by atoms with Crippen molar-refractivity contribution in [2.75, 3.05) is 5.32 Å². The Hall–Kier alpha value is -0.950. The van der Waals surface area contributed by atoms with Crippen LogP contribution in [0.5, 0.6) is 0 Å². The summed E-state index contributed by atoms with van der Waals surface area (Å²) in [5.41, 5.74) is 1.06. The molecule has 64 valence electrons. The Balaban J connectivity index is 2.64. The lowest BCUT2D eigenvalue weighted by Crippen LogP contribution is -2.10. The van der Waals surface area contributed by atoms with Gasteiger partial charge in [-0.25, -0.2) is 0 Å². The van der Waals surface area contributed by atoms with Crippen LogP contribution in [-0.2, 0) is 0 Å². The van der Waals surface area contributed by atoms with Crippen molar-refractivity contribution < 1.29 is 0 Å². The zero-order valence-electron chi connectivity index (χ0n) is 7.05. The second-order valence-corrected chi connectivity index (χ2v) is 3.11. The summed E-state index contributed by atoms with van der Waals surface area (Å²) in [5, 5.41) is 4.00. The Labute approximate surface area is 78.1 Å². The van der Waals surface area contributed by atoms with Crippen molar-refractivity contribution in [3.63, 3.8) is 0 Å². The number of rotatable bonds is 3. The maximum atomic E-state index is 5.73. The van der Waals surface area contributed by atoms with Gasteiger partial charge < -0.3 is 5.32 Å². The Morgan fingerprint density at radius 2 is 2.00 bits per heavy atom. The minimum Gasteiger partial charge on any atom is -0.379 e. The summed E-state index contributed by atoms with van der Waals surface area (Å²) < 4.78 is 0. The molecule has 1 nitrogen and oxygen atoms in total. The van der Waals surface area contributed by atoms with Gasteiger partial charge in [0.05, 0.1) is 0 Å². The van der Waals surface area contributed by atoms with E-state index in [9.17, 15) is 0 Å². The summed E-state index contributed by atoms with van der Waals surface area (Å²) in [6, 6.07) is 7.90. The minimum atomic E-state index is 0.283. The second kappa shape index (κ2) is 4.17. The molecule has 0 amide bonds. The molecule has 0 aliphatic carbocycles. The Morgan fingerprint density at radius 3 is 2.50 bits per heavy atom. The van der Waals surface area contributed by atoms with Gasteiger partial charge in [-0.05, 0) is 31.2 Å². The van der Waals surface area contributed by atoms with E-state index < -0.39 is 0 Å². The topological polar surface area (TPSA) is 12.0 Å². The van der Waals surface area contributed by atoms with Gasteiger partial charge in [0.15, 0.2) is 0 Å². The molecule has 0 saturated carbocycles. The predicted octanol–water partition coefficient (Wildman–Crippen LogP) is 3.33. The molecule has 1 aromatic rings. The number of hydrogen-bond acceptors (Lipinski definition) is 1. The van der Waals surface area contributed by atoms with Crippen LogP contribution < -0.4 is 5.32 Å². The van der Waals surface area contributed by atoms with E-state index >= 15 is 0 Å². The van der Waals surface area contributed by atoms with Crippen molar-refractivity contribution in [3.8, 4) is 0 Å². The third-order valence-electron chi connectivity index (χ3n) is 1.59. The molecule has 0 spiro atoms. The molecule has 0 heterocycles. The van der Waals surface area contributed by atoms with Crippen LogP contribution in [0, 0.1) is 0 Å². The van der Waals surface area contributed by atoms with Gasteiger partial charge in [-0.2, -0.15) is 0 Å². The number of anilines is 1. The molecule has 1 rings (SSSR count). The molecule has 0 aliphatic heterocycles. The fourth-order valence-electron chi connectivity index (χ4n) is 0.868. The first-order valence-electron chi connectivity index (χ1n) is 3.87. The van der Waals surface area contributed by atoms with E-state index in [2.05, 4.69) is 11.9 Å².